The molecule has 1 aliphatic rings. The summed E-state index contributed by atoms with van der Waals surface area (Å²) in [5.41, 5.74) is 5.34. The minimum Gasteiger partial charge on any atom is -0.351 e. The number of anilines is 1. The van der Waals surface area contributed by atoms with Gasteiger partial charge in [0.25, 0.3) is 0 Å². The largest absolute Gasteiger partial charge is 0.351 e. The maximum Gasteiger partial charge on any atom is 0.318 e. The van der Waals surface area contributed by atoms with Crippen LogP contribution in [-0.2, 0) is 6.42 Å². The molecule has 2 heterocycles. The standard InChI is InChI=1S/C8H13N3OS/c9-8-10-7(11-12-8)5-6-1-3-13-4-2-6/h6H,1-5H2,(H2,9,10,11). The highest BCUT2D eigenvalue weighted by Crippen LogP contribution is 2.25. The molecule has 1 aromatic heterocycles. The second-order valence-corrected chi connectivity index (χ2v) is 4.53. The van der Waals surface area contributed by atoms with Gasteiger partial charge in [-0.1, -0.05) is 5.16 Å². The van der Waals surface area contributed by atoms with Crippen molar-refractivity contribution in [3.05, 3.63) is 5.82 Å². The predicted octanol–water partition coefficient (Wildman–Crippen LogP) is 1.34. The Morgan fingerprint density at radius 3 is 2.85 bits per heavy atom. The highest BCUT2D eigenvalue weighted by molar-refractivity contribution is 7.99. The third-order valence-corrected chi connectivity index (χ3v) is 3.34. The van der Waals surface area contributed by atoms with E-state index in [1.165, 1.54) is 24.3 Å². The maximum absolute atomic E-state index is 5.34. The molecule has 1 fully saturated rings. The van der Waals surface area contributed by atoms with Crippen LogP contribution >= 0.6 is 11.8 Å². The van der Waals surface area contributed by atoms with Crippen LogP contribution in [0.25, 0.3) is 0 Å². The lowest BCUT2D eigenvalue weighted by Gasteiger charge is -2.19. The molecular formula is C8H13N3OS. The first-order valence-electron chi connectivity index (χ1n) is 4.50. The van der Waals surface area contributed by atoms with Crippen molar-refractivity contribution in [2.75, 3.05) is 17.2 Å². The minimum atomic E-state index is 0.181. The fourth-order valence-electron chi connectivity index (χ4n) is 1.56. The average molecular weight is 199 g/mol. The van der Waals surface area contributed by atoms with Crippen LogP contribution in [0.4, 0.5) is 6.01 Å². The first-order chi connectivity index (χ1) is 6.34. The first kappa shape index (κ1) is 8.87. The molecule has 0 radical (unpaired) electrons. The number of rotatable bonds is 2. The zero-order chi connectivity index (χ0) is 9.10. The Balaban J connectivity index is 1.89. The van der Waals surface area contributed by atoms with Gasteiger partial charge >= 0.3 is 6.01 Å². The number of aromatic nitrogens is 2. The third-order valence-electron chi connectivity index (χ3n) is 2.30. The van der Waals surface area contributed by atoms with Crippen LogP contribution in [-0.4, -0.2) is 21.6 Å². The monoisotopic (exact) mass is 199 g/mol. The molecule has 0 amide bonds. The van der Waals surface area contributed by atoms with E-state index in [2.05, 4.69) is 10.1 Å². The van der Waals surface area contributed by atoms with E-state index in [0.717, 1.165) is 18.2 Å². The molecule has 1 aromatic rings. The van der Waals surface area contributed by atoms with Crippen molar-refractivity contribution >= 4 is 17.8 Å². The Hall–Kier alpha value is -0.710. The Morgan fingerprint density at radius 2 is 2.23 bits per heavy atom. The second kappa shape index (κ2) is 4.00. The molecule has 72 valence electrons. The van der Waals surface area contributed by atoms with Crippen LogP contribution < -0.4 is 5.73 Å². The number of hydrogen-bond donors (Lipinski definition) is 1. The van der Waals surface area contributed by atoms with Crippen molar-refractivity contribution < 1.29 is 4.52 Å². The van der Waals surface area contributed by atoms with Crippen molar-refractivity contribution in [3.63, 3.8) is 0 Å². The molecule has 0 aromatic carbocycles. The smallest absolute Gasteiger partial charge is 0.318 e. The molecule has 2 N–H and O–H groups in total. The van der Waals surface area contributed by atoms with Gasteiger partial charge in [-0.2, -0.15) is 16.7 Å². The Bertz CT molecular complexity index is 270. The highest BCUT2D eigenvalue weighted by atomic mass is 32.2. The summed E-state index contributed by atoms with van der Waals surface area (Å²) in [4.78, 5) is 4.00. The van der Waals surface area contributed by atoms with Crippen molar-refractivity contribution in [1.29, 1.82) is 0 Å². The SMILES string of the molecule is Nc1nc(CC2CCSCC2)no1. The third kappa shape index (κ3) is 2.37. The van der Waals surface area contributed by atoms with E-state index < -0.39 is 0 Å². The van der Waals surface area contributed by atoms with E-state index in [-0.39, 0.29) is 6.01 Å². The van der Waals surface area contributed by atoms with Crippen LogP contribution in [0.1, 0.15) is 18.7 Å². The van der Waals surface area contributed by atoms with Gasteiger partial charge in [0.05, 0.1) is 0 Å². The van der Waals surface area contributed by atoms with Gasteiger partial charge in [0.1, 0.15) is 0 Å². The van der Waals surface area contributed by atoms with Crippen molar-refractivity contribution in [2.45, 2.75) is 19.3 Å². The number of nitrogen functional groups attached to an aromatic ring is 1. The van der Waals surface area contributed by atoms with E-state index in [1.54, 1.807) is 0 Å². The summed E-state index contributed by atoms with van der Waals surface area (Å²) in [5, 5.41) is 3.79. The van der Waals surface area contributed by atoms with E-state index in [4.69, 9.17) is 10.3 Å². The van der Waals surface area contributed by atoms with Crippen LogP contribution in [0.5, 0.6) is 0 Å². The fourth-order valence-corrected chi connectivity index (χ4v) is 2.76. The first-order valence-corrected chi connectivity index (χ1v) is 5.66. The van der Waals surface area contributed by atoms with Gasteiger partial charge in [0, 0.05) is 6.42 Å². The summed E-state index contributed by atoms with van der Waals surface area (Å²) in [6.45, 7) is 0. The molecule has 0 atom stereocenters. The molecule has 5 heteroatoms. The lowest BCUT2D eigenvalue weighted by molar-refractivity contribution is 0.410. The lowest BCUT2D eigenvalue weighted by Crippen LogP contribution is -2.12. The van der Waals surface area contributed by atoms with Crippen LogP contribution in [0, 0.1) is 5.92 Å². The molecule has 1 saturated heterocycles. The molecule has 0 aliphatic carbocycles. The fraction of sp³-hybridized carbons (Fsp3) is 0.750. The zero-order valence-electron chi connectivity index (χ0n) is 7.40. The Kier molecular flexibility index (Phi) is 2.73. The summed E-state index contributed by atoms with van der Waals surface area (Å²) in [7, 11) is 0. The Morgan fingerprint density at radius 1 is 1.46 bits per heavy atom. The van der Waals surface area contributed by atoms with Gasteiger partial charge in [-0.15, -0.1) is 0 Å². The highest BCUT2D eigenvalue weighted by Gasteiger charge is 2.16. The second-order valence-electron chi connectivity index (χ2n) is 3.31. The van der Waals surface area contributed by atoms with Crippen LogP contribution in [0.2, 0.25) is 0 Å². The number of thioether (sulfide) groups is 1. The van der Waals surface area contributed by atoms with Crippen molar-refractivity contribution in [3.8, 4) is 0 Å². The van der Waals surface area contributed by atoms with Gasteiger partial charge in [-0.05, 0) is 30.3 Å². The Labute approximate surface area is 81.3 Å². The molecule has 0 unspecified atom stereocenters. The van der Waals surface area contributed by atoms with E-state index >= 15 is 0 Å². The van der Waals surface area contributed by atoms with Crippen LogP contribution in [0.3, 0.4) is 0 Å². The molecule has 13 heavy (non-hydrogen) atoms. The summed E-state index contributed by atoms with van der Waals surface area (Å²) >= 11 is 2.03. The molecule has 0 bridgehead atoms. The lowest BCUT2D eigenvalue weighted by atomic mass is 9.99. The maximum atomic E-state index is 5.34. The van der Waals surface area contributed by atoms with Crippen LogP contribution in [0.15, 0.2) is 4.52 Å². The molecule has 2 rings (SSSR count). The number of hydrogen-bond acceptors (Lipinski definition) is 5. The number of nitrogens with zero attached hydrogens (tertiary/aromatic N) is 2. The van der Waals surface area contributed by atoms with Gasteiger partial charge in [0.15, 0.2) is 5.82 Å². The number of nitrogens with two attached hydrogens (primary N) is 1. The van der Waals surface area contributed by atoms with Gasteiger partial charge < -0.3 is 10.3 Å². The summed E-state index contributed by atoms with van der Waals surface area (Å²) in [5.74, 6) is 4.00. The molecular weight excluding hydrogens is 186 g/mol. The summed E-state index contributed by atoms with van der Waals surface area (Å²) < 4.78 is 4.72. The predicted molar refractivity (Wildman–Crippen MR) is 52.5 cm³/mol. The van der Waals surface area contributed by atoms with Crippen molar-refractivity contribution in [1.82, 2.24) is 10.1 Å². The molecule has 0 spiro atoms. The van der Waals surface area contributed by atoms with Gasteiger partial charge in [-0.25, -0.2) is 0 Å². The van der Waals surface area contributed by atoms with Gasteiger partial charge in [0.2, 0.25) is 0 Å². The quantitative estimate of drug-likeness (QED) is 0.778. The zero-order valence-corrected chi connectivity index (χ0v) is 8.22. The average Bonchev–Trinajstić information content (AvgIpc) is 2.53. The normalized spacial score (nSPS) is 19.1. The van der Waals surface area contributed by atoms with Crippen molar-refractivity contribution in [2.24, 2.45) is 5.92 Å². The van der Waals surface area contributed by atoms with E-state index in [9.17, 15) is 0 Å². The summed E-state index contributed by atoms with van der Waals surface area (Å²) in [6.07, 6.45) is 3.44. The topological polar surface area (TPSA) is 64.9 Å². The van der Waals surface area contributed by atoms with E-state index in [0.29, 0.717) is 0 Å². The molecule has 4 nitrogen and oxygen atoms in total. The molecule has 1 aliphatic heterocycles. The van der Waals surface area contributed by atoms with Gasteiger partial charge in [-0.3, -0.25) is 0 Å². The molecule has 0 saturated carbocycles. The van der Waals surface area contributed by atoms with E-state index in [1.807, 2.05) is 11.8 Å². The summed E-state index contributed by atoms with van der Waals surface area (Å²) in [6, 6.07) is 0.181. The minimum absolute atomic E-state index is 0.181.